The van der Waals surface area contributed by atoms with Crippen LogP contribution < -0.4 is 21.3 Å². The predicted molar refractivity (Wildman–Crippen MR) is 86.1 cm³/mol. The van der Waals surface area contributed by atoms with E-state index in [2.05, 4.69) is 27.2 Å². The zero-order chi connectivity index (χ0) is 14.7. The van der Waals surface area contributed by atoms with Crippen LogP contribution in [-0.4, -0.2) is 68.3 Å². The van der Waals surface area contributed by atoms with E-state index in [9.17, 15) is 0 Å². The summed E-state index contributed by atoms with van der Waals surface area (Å²) in [6.07, 6.45) is 5.81. The van der Waals surface area contributed by atoms with Gasteiger partial charge in [-0.3, -0.25) is 0 Å². The van der Waals surface area contributed by atoms with E-state index in [1.54, 1.807) is 4.42 Å². The number of terminal acetylenes is 1. The first-order valence-electron chi connectivity index (χ1n) is 7.08. The van der Waals surface area contributed by atoms with Crippen molar-refractivity contribution < 1.29 is 17.1 Å². The molecular formula is C13H25Cl2MnN5+2. The molecule has 0 aromatic rings. The molecule has 1 radical (unpaired) electrons. The van der Waals surface area contributed by atoms with Gasteiger partial charge in [-0.1, -0.05) is 11.6 Å². The Hall–Kier alpha value is 0.459. The maximum Gasteiger partial charge on any atom is 2.00 e. The summed E-state index contributed by atoms with van der Waals surface area (Å²) >= 11 is 12.9. The Morgan fingerprint density at radius 2 is 1.43 bits per heavy atom. The van der Waals surface area contributed by atoms with Crippen LogP contribution >= 0.6 is 23.4 Å². The van der Waals surface area contributed by atoms with Gasteiger partial charge in [0.25, 0.3) is 0 Å². The van der Waals surface area contributed by atoms with Crippen LogP contribution in [0.1, 0.15) is 6.42 Å². The van der Waals surface area contributed by atoms with E-state index in [0.717, 1.165) is 45.8 Å². The number of alkyl halides is 1. The number of nitrogens with one attached hydrogen (secondary N) is 4. The monoisotopic (exact) mass is 376 g/mol. The van der Waals surface area contributed by atoms with Gasteiger partial charge in [-0.2, -0.15) is 4.42 Å². The van der Waals surface area contributed by atoms with E-state index in [4.69, 9.17) is 29.8 Å². The van der Waals surface area contributed by atoms with Gasteiger partial charge in [-0.05, 0) is 11.8 Å². The third kappa shape index (κ3) is 9.25. The molecule has 0 spiro atoms. The van der Waals surface area contributed by atoms with Crippen molar-refractivity contribution in [1.82, 2.24) is 25.7 Å². The molecule has 1 fully saturated rings. The third-order valence-corrected chi connectivity index (χ3v) is 4.17. The van der Waals surface area contributed by atoms with Crippen molar-refractivity contribution in [3.05, 3.63) is 0 Å². The molecule has 1 atom stereocenters. The molecule has 5 nitrogen and oxygen atoms in total. The Kier molecular flexibility index (Phi) is 13.2. The van der Waals surface area contributed by atoms with Gasteiger partial charge in [0, 0.05) is 65.3 Å². The Morgan fingerprint density at radius 1 is 0.952 bits per heavy atom. The first-order valence-corrected chi connectivity index (χ1v) is 7.79. The van der Waals surface area contributed by atoms with Crippen molar-refractivity contribution >= 4 is 23.4 Å². The smallest absolute Gasteiger partial charge is 0.314 e. The SMILES string of the molecule is C#CCC1(Cl)CNCCNCCNCCNCCN1Cl.[Mn+2]. The van der Waals surface area contributed by atoms with Crippen LogP contribution in [0.2, 0.25) is 0 Å². The molecule has 1 aliphatic rings. The largest absolute Gasteiger partial charge is 2.00 e. The second-order valence-corrected chi connectivity index (χ2v) is 5.92. The normalized spacial score (nSPS) is 27.7. The zero-order valence-corrected chi connectivity index (χ0v) is 14.9. The van der Waals surface area contributed by atoms with Gasteiger partial charge in [0.15, 0.2) is 0 Å². The first-order chi connectivity index (χ1) is 9.69. The maximum atomic E-state index is 6.56. The molecule has 21 heavy (non-hydrogen) atoms. The van der Waals surface area contributed by atoms with Gasteiger partial charge in [-0.25, -0.2) is 0 Å². The summed E-state index contributed by atoms with van der Waals surface area (Å²) < 4.78 is 1.61. The second-order valence-electron chi connectivity index (χ2n) is 4.81. The van der Waals surface area contributed by atoms with Crippen LogP contribution in [0.4, 0.5) is 0 Å². The minimum Gasteiger partial charge on any atom is -0.314 e. The number of hydrogen-bond acceptors (Lipinski definition) is 5. The molecule has 0 saturated carbocycles. The second kappa shape index (κ2) is 12.9. The summed E-state index contributed by atoms with van der Waals surface area (Å²) in [5, 5.41) is 13.3. The molecule has 0 aliphatic carbocycles. The van der Waals surface area contributed by atoms with Crippen LogP contribution in [0, 0.1) is 12.3 Å². The van der Waals surface area contributed by atoms with Crippen molar-refractivity contribution in [3.63, 3.8) is 0 Å². The fourth-order valence-electron chi connectivity index (χ4n) is 1.95. The van der Waals surface area contributed by atoms with Crippen LogP contribution in [-0.2, 0) is 17.1 Å². The molecule has 0 aromatic heterocycles. The molecule has 4 N–H and O–H groups in total. The molecule has 1 saturated heterocycles. The summed E-state index contributed by atoms with van der Waals surface area (Å²) in [6, 6.07) is 0. The summed E-state index contributed by atoms with van der Waals surface area (Å²) in [5.74, 6) is 2.61. The molecule has 0 bridgehead atoms. The fourth-order valence-corrected chi connectivity index (χ4v) is 2.41. The van der Waals surface area contributed by atoms with Crippen LogP contribution in [0.5, 0.6) is 0 Å². The van der Waals surface area contributed by atoms with E-state index in [1.165, 1.54) is 0 Å². The van der Waals surface area contributed by atoms with Crippen molar-refractivity contribution in [2.75, 3.05) is 58.9 Å². The minimum absolute atomic E-state index is 0. The van der Waals surface area contributed by atoms with E-state index < -0.39 is 5.00 Å². The summed E-state index contributed by atoms with van der Waals surface area (Å²) in [7, 11) is 0. The molecule has 8 heteroatoms. The Morgan fingerprint density at radius 3 is 1.95 bits per heavy atom. The Balaban J connectivity index is 0.00000400. The van der Waals surface area contributed by atoms with Crippen molar-refractivity contribution in [1.29, 1.82) is 0 Å². The van der Waals surface area contributed by atoms with Gasteiger partial charge in [0.05, 0.1) is 0 Å². The third-order valence-electron chi connectivity index (χ3n) is 3.12. The molecule has 1 heterocycles. The van der Waals surface area contributed by atoms with Crippen LogP contribution in [0.25, 0.3) is 0 Å². The Bertz CT molecular complexity index is 303. The molecule has 1 unspecified atom stereocenters. The predicted octanol–water partition coefficient (Wildman–Crippen LogP) is -0.230. The zero-order valence-electron chi connectivity index (χ0n) is 12.2. The molecule has 1 rings (SSSR count). The fraction of sp³-hybridized carbons (Fsp3) is 0.846. The van der Waals surface area contributed by atoms with Gasteiger partial charge in [0.2, 0.25) is 0 Å². The molecule has 121 valence electrons. The summed E-state index contributed by atoms with van der Waals surface area (Å²) in [5.41, 5.74) is 0. The Labute approximate surface area is 148 Å². The van der Waals surface area contributed by atoms with Gasteiger partial charge < -0.3 is 21.3 Å². The molecular weight excluding hydrogens is 352 g/mol. The van der Waals surface area contributed by atoms with Crippen molar-refractivity contribution in [2.45, 2.75) is 11.4 Å². The summed E-state index contributed by atoms with van der Waals surface area (Å²) in [4.78, 5) is -0.740. The quantitative estimate of drug-likeness (QED) is 0.167. The van der Waals surface area contributed by atoms with Gasteiger partial charge in [-0.15, -0.1) is 12.3 Å². The van der Waals surface area contributed by atoms with Crippen molar-refractivity contribution in [2.24, 2.45) is 0 Å². The first kappa shape index (κ1) is 21.5. The number of hydrogen-bond donors (Lipinski definition) is 4. The molecule has 0 amide bonds. The average molecular weight is 377 g/mol. The molecule has 1 aliphatic heterocycles. The van der Waals surface area contributed by atoms with Crippen LogP contribution in [0.3, 0.4) is 0 Å². The topological polar surface area (TPSA) is 51.4 Å². The van der Waals surface area contributed by atoms with Gasteiger partial charge >= 0.3 is 17.1 Å². The van der Waals surface area contributed by atoms with E-state index in [0.29, 0.717) is 19.5 Å². The summed E-state index contributed by atoms with van der Waals surface area (Å²) in [6.45, 7) is 7.50. The van der Waals surface area contributed by atoms with Gasteiger partial charge in [0.1, 0.15) is 5.00 Å². The number of nitrogens with zero attached hydrogens (tertiary/aromatic N) is 1. The molecule has 0 aromatic carbocycles. The van der Waals surface area contributed by atoms with Crippen molar-refractivity contribution in [3.8, 4) is 12.3 Å². The standard InChI is InChI=1S/C13H25Cl2N5.Mn/c1-2-3-13(14)12-19-9-8-17-5-4-16-6-7-18-10-11-20(13)15;/h1,16-19H,3-12H2;/q;+2. The van der Waals surface area contributed by atoms with E-state index in [1.807, 2.05) is 0 Å². The number of rotatable bonds is 1. The van der Waals surface area contributed by atoms with E-state index >= 15 is 0 Å². The maximum absolute atomic E-state index is 6.56. The minimum atomic E-state index is -0.740. The van der Waals surface area contributed by atoms with E-state index in [-0.39, 0.29) is 17.1 Å². The average Bonchev–Trinajstić information content (AvgIpc) is 2.43. The number of halogens is 2. The van der Waals surface area contributed by atoms with Crippen LogP contribution in [0.15, 0.2) is 0 Å².